The maximum atomic E-state index is 11.6. The maximum Gasteiger partial charge on any atom is 0.409 e. The molecule has 1 aromatic carbocycles. The van der Waals surface area contributed by atoms with Gasteiger partial charge in [-0.05, 0) is 60.6 Å². The van der Waals surface area contributed by atoms with Gasteiger partial charge in [-0.3, -0.25) is 0 Å². The molecule has 1 aromatic rings. The Labute approximate surface area is 137 Å². The van der Waals surface area contributed by atoms with E-state index < -0.39 is 0 Å². The van der Waals surface area contributed by atoms with Crippen molar-refractivity contribution in [2.45, 2.75) is 25.8 Å². The molecule has 0 radical (unpaired) electrons. The number of carbonyl (C=O) groups is 1. The van der Waals surface area contributed by atoms with Crippen LogP contribution >= 0.6 is 34.2 Å². The number of hydrogen-bond acceptors (Lipinski definition) is 3. The second-order valence-corrected chi connectivity index (χ2v) is 6.38. The van der Waals surface area contributed by atoms with Crippen LogP contribution < -0.4 is 5.32 Å². The normalized spacial score (nSPS) is 16.1. The van der Waals surface area contributed by atoms with Crippen LogP contribution in [-0.4, -0.2) is 36.7 Å². The zero-order valence-electron chi connectivity index (χ0n) is 11.4. The van der Waals surface area contributed by atoms with Gasteiger partial charge >= 0.3 is 6.09 Å². The molecule has 0 spiro atoms. The summed E-state index contributed by atoms with van der Waals surface area (Å²) in [5.41, 5.74) is 0.960. The van der Waals surface area contributed by atoms with Gasteiger partial charge < -0.3 is 15.0 Å². The van der Waals surface area contributed by atoms with E-state index in [0.717, 1.165) is 40.2 Å². The molecule has 0 atom stereocenters. The summed E-state index contributed by atoms with van der Waals surface area (Å²) in [4.78, 5) is 13.4. The molecule has 0 saturated carbocycles. The molecule has 0 aliphatic carbocycles. The molecular formula is C14H18ClIN2O2. The number of nitrogens with zero attached hydrogens (tertiary/aromatic N) is 1. The number of rotatable bonds is 3. The first-order valence-corrected chi connectivity index (χ1v) is 8.19. The summed E-state index contributed by atoms with van der Waals surface area (Å²) >= 11 is 8.46. The largest absolute Gasteiger partial charge is 0.450 e. The van der Waals surface area contributed by atoms with Gasteiger partial charge in [0.1, 0.15) is 0 Å². The lowest BCUT2D eigenvalue weighted by Gasteiger charge is -2.32. The van der Waals surface area contributed by atoms with E-state index >= 15 is 0 Å². The summed E-state index contributed by atoms with van der Waals surface area (Å²) in [6.07, 6.45) is 1.60. The fourth-order valence-corrected chi connectivity index (χ4v) is 3.16. The number of nitrogens with one attached hydrogen (secondary N) is 1. The third-order valence-electron chi connectivity index (χ3n) is 3.31. The highest BCUT2D eigenvalue weighted by atomic mass is 127. The van der Waals surface area contributed by atoms with Gasteiger partial charge in [-0.25, -0.2) is 4.79 Å². The van der Waals surface area contributed by atoms with E-state index in [2.05, 4.69) is 27.9 Å². The molecule has 1 saturated heterocycles. The number of benzene rings is 1. The molecule has 1 aliphatic rings. The molecule has 110 valence electrons. The Bertz CT molecular complexity index is 476. The third kappa shape index (κ3) is 4.15. The van der Waals surface area contributed by atoms with Gasteiger partial charge in [0.2, 0.25) is 0 Å². The van der Waals surface area contributed by atoms with Gasteiger partial charge in [0.15, 0.2) is 0 Å². The van der Waals surface area contributed by atoms with E-state index in [9.17, 15) is 4.79 Å². The predicted octanol–water partition coefficient (Wildman–Crippen LogP) is 3.98. The van der Waals surface area contributed by atoms with Crippen molar-refractivity contribution < 1.29 is 9.53 Å². The Balaban J connectivity index is 1.86. The number of amides is 1. The van der Waals surface area contributed by atoms with Crippen LogP contribution in [0.5, 0.6) is 0 Å². The van der Waals surface area contributed by atoms with Gasteiger partial charge in [0, 0.05) is 22.7 Å². The molecule has 2 rings (SSSR count). The number of hydrogen-bond donors (Lipinski definition) is 1. The van der Waals surface area contributed by atoms with Gasteiger partial charge in [-0.15, -0.1) is 0 Å². The van der Waals surface area contributed by atoms with Crippen molar-refractivity contribution in [2.75, 3.05) is 25.0 Å². The van der Waals surface area contributed by atoms with Crippen LogP contribution in [0.15, 0.2) is 18.2 Å². The van der Waals surface area contributed by atoms with Crippen LogP contribution in [0.1, 0.15) is 19.8 Å². The van der Waals surface area contributed by atoms with Crippen LogP contribution in [0, 0.1) is 3.57 Å². The van der Waals surface area contributed by atoms with Crippen molar-refractivity contribution in [1.82, 2.24) is 4.90 Å². The van der Waals surface area contributed by atoms with Gasteiger partial charge in [-0.1, -0.05) is 11.6 Å². The lowest BCUT2D eigenvalue weighted by atomic mass is 10.1. The number of carbonyl (C=O) groups excluding carboxylic acids is 1. The Morgan fingerprint density at radius 1 is 1.50 bits per heavy atom. The number of likely N-dealkylation sites (tertiary alicyclic amines) is 1. The SMILES string of the molecule is CCOC(=O)N1CCC(Nc2ccc(I)cc2Cl)CC1. The monoisotopic (exact) mass is 408 g/mol. The first-order valence-electron chi connectivity index (χ1n) is 6.73. The highest BCUT2D eigenvalue weighted by Crippen LogP contribution is 2.26. The standard InChI is InChI=1S/C14H18ClIN2O2/c1-2-20-14(19)18-7-5-11(6-8-18)17-13-4-3-10(16)9-12(13)15/h3-4,9,11,17H,2,5-8H2,1H3. The van der Waals surface area contributed by atoms with Crippen LogP contribution in [0.2, 0.25) is 5.02 Å². The minimum Gasteiger partial charge on any atom is -0.450 e. The Hall–Kier alpha value is -0.690. The lowest BCUT2D eigenvalue weighted by Crippen LogP contribution is -2.42. The molecule has 1 N–H and O–H groups in total. The van der Waals surface area contributed by atoms with Crippen molar-refractivity contribution in [3.05, 3.63) is 26.8 Å². The molecule has 1 aliphatic heterocycles. The Morgan fingerprint density at radius 2 is 2.20 bits per heavy atom. The van der Waals surface area contributed by atoms with Gasteiger partial charge in [-0.2, -0.15) is 0 Å². The average molecular weight is 409 g/mol. The Morgan fingerprint density at radius 3 is 2.80 bits per heavy atom. The number of piperidine rings is 1. The summed E-state index contributed by atoms with van der Waals surface area (Å²) in [6, 6.07) is 6.32. The molecular weight excluding hydrogens is 391 g/mol. The maximum absolute atomic E-state index is 11.6. The summed E-state index contributed by atoms with van der Waals surface area (Å²) in [5, 5.41) is 4.19. The minimum atomic E-state index is -0.210. The van der Waals surface area contributed by atoms with E-state index in [0.29, 0.717) is 12.6 Å². The van der Waals surface area contributed by atoms with Crippen molar-refractivity contribution in [2.24, 2.45) is 0 Å². The second kappa shape index (κ2) is 7.36. The molecule has 4 nitrogen and oxygen atoms in total. The molecule has 0 bridgehead atoms. The molecule has 1 fully saturated rings. The first kappa shape index (κ1) is 15.7. The summed E-state index contributed by atoms with van der Waals surface area (Å²) in [5.74, 6) is 0. The lowest BCUT2D eigenvalue weighted by molar-refractivity contribution is 0.0983. The summed E-state index contributed by atoms with van der Waals surface area (Å²) in [7, 11) is 0. The van der Waals surface area contributed by atoms with Crippen LogP contribution in [0.3, 0.4) is 0 Å². The van der Waals surface area contributed by atoms with E-state index in [1.54, 1.807) is 4.90 Å². The van der Waals surface area contributed by atoms with E-state index in [1.165, 1.54) is 0 Å². The highest BCUT2D eigenvalue weighted by molar-refractivity contribution is 14.1. The fraction of sp³-hybridized carbons (Fsp3) is 0.500. The molecule has 0 aromatic heterocycles. The molecule has 1 heterocycles. The van der Waals surface area contributed by atoms with Crippen LogP contribution in [0.25, 0.3) is 0 Å². The minimum absolute atomic E-state index is 0.210. The molecule has 0 unspecified atom stereocenters. The molecule has 6 heteroatoms. The van der Waals surface area contributed by atoms with Crippen LogP contribution in [0.4, 0.5) is 10.5 Å². The third-order valence-corrected chi connectivity index (χ3v) is 4.30. The number of ether oxygens (including phenoxy) is 1. The summed E-state index contributed by atoms with van der Waals surface area (Å²) in [6.45, 7) is 3.69. The van der Waals surface area contributed by atoms with E-state index in [1.807, 2.05) is 25.1 Å². The topological polar surface area (TPSA) is 41.6 Å². The number of halogens is 2. The quantitative estimate of drug-likeness (QED) is 0.769. The fourth-order valence-electron chi connectivity index (χ4n) is 2.25. The molecule has 1 amide bonds. The van der Waals surface area contributed by atoms with Crippen molar-refractivity contribution in [3.63, 3.8) is 0 Å². The Kier molecular flexibility index (Phi) is 5.77. The zero-order chi connectivity index (χ0) is 14.5. The van der Waals surface area contributed by atoms with Crippen molar-refractivity contribution in [1.29, 1.82) is 0 Å². The molecule has 20 heavy (non-hydrogen) atoms. The summed E-state index contributed by atoms with van der Waals surface area (Å²) < 4.78 is 6.13. The van der Waals surface area contributed by atoms with E-state index in [-0.39, 0.29) is 6.09 Å². The zero-order valence-corrected chi connectivity index (χ0v) is 14.3. The van der Waals surface area contributed by atoms with Gasteiger partial charge in [0.05, 0.1) is 17.3 Å². The number of anilines is 1. The van der Waals surface area contributed by atoms with Crippen molar-refractivity contribution in [3.8, 4) is 0 Å². The van der Waals surface area contributed by atoms with Gasteiger partial charge in [0.25, 0.3) is 0 Å². The smallest absolute Gasteiger partial charge is 0.409 e. The second-order valence-electron chi connectivity index (χ2n) is 4.73. The van der Waals surface area contributed by atoms with Crippen LogP contribution in [-0.2, 0) is 4.74 Å². The van der Waals surface area contributed by atoms with E-state index in [4.69, 9.17) is 16.3 Å². The average Bonchev–Trinajstić information content (AvgIpc) is 2.43. The predicted molar refractivity (Wildman–Crippen MR) is 89.4 cm³/mol. The first-order chi connectivity index (χ1) is 9.60. The van der Waals surface area contributed by atoms with Crippen molar-refractivity contribution >= 4 is 46.0 Å². The highest BCUT2D eigenvalue weighted by Gasteiger charge is 2.23.